The molecule has 0 aliphatic heterocycles. The fourth-order valence-corrected chi connectivity index (χ4v) is 0.858. The molecule has 0 saturated carbocycles. The third-order valence-electron chi connectivity index (χ3n) is 1.26. The summed E-state index contributed by atoms with van der Waals surface area (Å²) in [5, 5.41) is 10.2. The van der Waals surface area contributed by atoms with Gasteiger partial charge < -0.3 is 0 Å². The second-order valence-electron chi connectivity index (χ2n) is 2.14. The third kappa shape index (κ3) is 1.82. The van der Waals surface area contributed by atoms with Gasteiger partial charge in [-0.1, -0.05) is 11.6 Å². The summed E-state index contributed by atoms with van der Waals surface area (Å²) in [4.78, 5) is 0. The van der Waals surface area contributed by atoms with Crippen molar-refractivity contribution in [2.24, 2.45) is 0 Å². The van der Waals surface area contributed by atoms with E-state index in [9.17, 15) is 18.3 Å². The van der Waals surface area contributed by atoms with Crippen LogP contribution in [0.25, 0.3) is 0 Å². The number of halogens is 4. The SMILES string of the molecule is [O]c1ccc(C(F)(F)F)cc1Cl. The van der Waals surface area contributed by atoms with Crippen molar-refractivity contribution in [3.63, 3.8) is 0 Å². The first-order valence-corrected chi connectivity index (χ1v) is 3.33. The Labute approximate surface area is 71.4 Å². The standard InChI is InChI=1S/C7H3ClF3O/c8-5-3-4(7(9,10)11)1-2-6(5)12/h1-3H. The second-order valence-corrected chi connectivity index (χ2v) is 2.55. The van der Waals surface area contributed by atoms with Gasteiger partial charge in [0.25, 0.3) is 0 Å². The molecule has 0 heterocycles. The summed E-state index contributed by atoms with van der Waals surface area (Å²) in [6.45, 7) is 0. The maximum absolute atomic E-state index is 11.9. The van der Waals surface area contributed by atoms with Gasteiger partial charge >= 0.3 is 6.18 Å². The summed E-state index contributed by atoms with van der Waals surface area (Å²) in [5.74, 6) is -0.607. The first-order valence-electron chi connectivity index (χ1n) is 2.95. The molecule has 65 valence electrons. The monoisotopic (exact) mass is 195 g/mol. The molecule has 0 spiro atoms. The highest BCUT2D eigenvalue weighted by molar-refractivity contribution is 6.32. The Morgan fingerprint density at radius 3 is 2.25 bits per heavy atom. The van der Waals surface area contributed by atoms with Crippen LogP contribution in [-0.4, -0.2) is 0 Å². The summed E-state index contributed by atoms with van der Waals surface area (Å²) < 4.78 is 35.8. The number of hydrogen-bond acceptors (Lipinski definition) is 0. The molecule has 12 heavy (non-hydrogen) atoms. The zero-order chi connectivity index (χ0) is 9.35. The van der Waals surface area contributed by atoms with Gasteiger partial charge in [0.2, 0.25) is 0 Å². The Hall–Kier alpha value is -0.900. The van der Waals surface area contributed by atoms with Crippen molar-refractivity contribution in [2.75, 3.05) is 0 Å². The van der Waals surface area contributed by atoms with E-state index in [-0.39, 0.29) is 0 Å². The highest BCUT2D eigenvalue weighted by Gasteiger charge is 2.30. The average molecular weight is 196 g/mol. The topological polar surface area (TPSA) is 19.9 Å². The quantitative estimate of drug-likeness (QED) is 0.604. The third-order valence-corrected chi connectivity index (χ3v) is 1.55. The zero-order valence-electron chi connectivity index (χ0n) is 5.65. The summed E-state index contributed by atoms with van der Waals surface area (Å²) >= 11 is 5.21. The van der Waals surface area contributed by atoms with Gasteiger partial charge in [0.05, 0.1) is 10.6 Å². The van der Waals surface area contributed by atoms with E-state index >= 15 is 0 Å². The van der Waals surface area contributed by atoms with E-state index in [2.05, 4.69) is 0 Å². The lowest BCUT2D eigenvalue weighted by Crippen LogP contribution is -2.03. The van der Waals surface area contributed by atoms with Crippen molar-refractivity contribution in [3.8, 4) is 5.75 Å². The van der Waals surface area contributed by atoms with Gasteiger partial charge in [0.15, 0.2) is 5.75 Å². The molecule has 1 aromatic rings. The Balaban J connectivity index is 3.14. The molecule has 0 atom stereocenters. The summed E-state index contributed by atoms with van der Waals surface area (Å²) in [5.41, 5.74) is -0.910. The lowest BCUT2D eigenvalue weighted by Gasteiger charge is -2.05. The number of benzene rings is 1. The lowest BCUT2D eigenvalue weighted by molar-refractivity contribution is -0.137. The van der Waals surface area contributed by atoms with Crippen molar-refractivity contribution in [3.05, 3.63) is 28.8 Å². The molecule has 0 unspecified atom stereocenters. The molecule has 0 N–H and O–H groups in total. The van der Waals surface area contributed by atoms with E-state index in [4.69, 9.17) is 11.6 Å². The fourth-order valence-electron chi connectivity index (χ4n) is 0.677. The smallest absolute Gasteiger partial charge is 0.288 e. The molecule has 0 bridgehead atoms. The summed E-state index contributed by atoms with van der Waals surface area (Å²) in [6.07, 6.45) is -4.45. The maximum Gasteiger partial charge on any atom is 0.416 e. The Morgan fingerprint density at radius 1 is 1.25 bits per heavy atom. The Morgan fingerprint density at radius 2 is 1.83 bits per heavy atom. The first kappa shape index (κ1) is 9.19. The molecule has 0 aromatic heterocycles. The van der Waals surface area contributed by atoms with Crippen molar-refractivity contribution in [2.45, 2.75) is 6.18 Å². The summed E-state index contributed by atoms with van der Waals surface area (Å²) in [7, 11) is 0. The molecule has 1 radical (unpaired) electrons. The average Bonchev–Trinajstić information content (AvgIpc) is 1.92. The number of rotatable bonds is 0. The minimum Gasteiger partial charge on any atom is -0.288 e. The van der Waals surface area contributed by atoms with E-state index in [1.54, 1.807) is 0 Å². The molecule has 0 fully saturated rings. The van der Waals surface area contributed by atoms with E-state index < -0.39 is 22.5 Å². The van der Waals surface area contributed by atoms with Crippen LogP contribution in [0.4, 0.5) is 13.2 Å². The molecule has 0 saturated heterocycles. The van der Waals surface area contributed by atoms with Gasteiger partial charge in [-0.2, -0.15) is 13.2 Å². The molecule has 0 aliphatic carbocycles. The van der Waals surface area contributed by atoms with E-state index in [0.29, 0.717) is 12.1 Å². The maximum atomic E-state index is 11.9. The highest BCUT2D eigenvalue weighted by atomic mass is 35.5. The van der Waals surface area contributed by atoms with Crippen molar-refractivity contribution >= 4 is 11.6 Å². The fraction of sp³-hybridized carbons (Fsp3) is 0.143. The predicted octanol–water partition coefficient (Wildman–Crippen LogP) is 3.50. The molecular formula is C7H3ClF3O. The van der Waals surface area contributed by atoms with Crippen molar-refractivity contribution in [1.82, 2.24) is 0 Å². The summed E-state index contributed by atoms with van der Waals surface area (Å²) in [6, 6.07) is 2.11. The van der Waals surface area contributed by atoms with Crippen LogP contribution in [-0.2, 0) is 11.3 Å². The van der Waals surface area contributed by atoms with E-state index in [1.165, 1.54) is 0 Å². The van der Waals surface area contributed by atoms with Gasteiger partial charge in [0.1, 0.15) is 0 Å². The first-order chi connectivity index (χ1) is 5.41. The van der Waals surface area contributed by atoms with Crippen LogP contribution >= 0.6 is 11.6 Å². The van der Waals surface area contributed by atoms with Gasteiger partial charge in [-0.25, -0.2) is 0 Å². The normalized spacial score (nSPS) is 11.7. The highest BCUT2D eigenvalue weighted by Crippen LogP contribution is 2.34. The van der Waals surface area contributed by atoms with Crippen LogP contribution in [0.3, 0.4) is 0 Å². The Bertz CT molecular complexity index is 295. The molecule has 1 aromatic carbocycles. The zero-order valence-corrected chi connectivity index (χ0v) is 6.41. The van der Waals surface area contributed by atoms with Gasteiger partial charge in [-0.05, 0) is 18.2 Å². The van der Waals surface area contributed by atoms with Gasteiger partial charge in [-0.3, -0.25) is 5.11 Å². The molecule has 1 nitrogen and oxygen atoms in total. The van der Waals surface area contributed by atoms with Crippen LogP contribution in [0.1, 0.15) is 5.56 Å². The van der Waals surface area contributed by atoms with E-state index in [1.807, 2.05) is 0 Å². The van der Waals surface area contributed by atoms with Gasteiger partial charge in [-0.15, -0.1) is 0 Å². The molecule has 0 amide bonds. The minimum absolute atomic E-state index is 0.412. The van der Waals surface area contributed by atoms with Crippen LogP contribution in [0, 0.1) is 0 Å². The van der Waals surface area contributed by atoms with Gasteiger partial charge in [0, 0.05) is 0 Å². The molecule has 1 rings (SSSR count). The predicted molar refractivity (Wildman–Crippen MR) is 36.6 cm³/mol. The van der Waals surface area contributed by atoms with Crippen molar-refractivity contribution in [1.29, 1.82) is 0 Å². The van der Waals surface area contributed by atoms with Crippen LogP contribution in [0.5, 0.6) is 5.75 Å². The Kier molecular flexibility index (Phi) is 2.19. The van der Waals surface area contributed by atoms with Crippen molar-refractivity contribution < 1.29 is 18.3 Å². The van der Waals surface area contributed by atoms with Crippen LogP contribution < -0.4 is 0 Å². The second kappa shape index (κ2) is 2.86. The molecular weight excluding hydrogens is 193 g/mol. The largest absolute Gasteiger partial charge is 0.416 e. The number of hydrogen-bond donors (Lipinski definition) is 0. The van der Waals surface area contributed by atoms with Crippen LogP contribution in [0.2, 0.25) is 5.02 Å². The molecule has 0 aliphatic rings. The number of alkyl halides is 3. The lowest BCUT2D eigenvalue weighted by atomic mass is 10.2. The molecule has 5 heteroatoms. The van der Waals surface area contributed by atoms with Crippen LogP contribution in [0.15, 0.2) is 18.2 Å². The van der Waals surface area contributed by atoms with E-state index in [0.717, 1.165) is 6.07 Å². The minimum atomic E-state index is -4.45.